The van der Waals surface area contributed by atoms with E-state index in [1.807, 2.05) is 110 Å². The lowest BCUT2D eigenvalue weighted by Crippen LogP contribution is -2.39. The number of nitrogens with one attached hydrogen (secondary N) is 8. The van der Waals surface area contributed by atoms with Crippen molar-refractivity contribution in [2.75, 3.05) is 114 Å². The fourth-order valence-corrected chi connectivity index (χ4v) is 16.9. The first-order chi connectivity index (χ1) is 67.9. The van der Waals surface area contributed by atoms with E-state index in [1.54, 1.807) is 95.1 Å². The Bertz CT molecular complexity index is 7190. The lowest BCUT2D eigenvalue weighted by atomic mass is 9.91. The molecule has 40 nitrogen and oxygen atoms in total. The van der Waals surface area contributed by atoms with Gasteiger partial charge in [-0.1, -0.05) is 94.0 Å². The average Bonchev–Trinajstić information content (AvgIpc) is 1.63. The Morgan fingerprint density at radius 1 is 0.397 bits per heavy atom. The Morgan fingerprint density at radius 3 is 1.25 bits per heavy atom. The second-order valence-electron chi connectivity index (χ2n) is 37.5. The molecule has 20 heterocycles. The molecule has 0 aromatic carbocycles. The predicted octanol–water partition coefficient (Wildman–Crippen LogP) is 16.9. The highest BCUT2D eigenvalue weighted by atomic mass is 35.5. The molecule has 0 bridgehead atoms. The molecule has 16 aromatic rings. The van der Waals surface area contributed by atoms with E-state index < -0.39 is 5.60 Å². The molecule has 0 radical (unpaired) electrons. The monoisotopic (exact) mass is 1970 g/mol. The normalized spacial score (nSPS) is 14.6. The van der Waals surface area contributed by atoms with Crippen molar-refractivity contribution in [2.24, 2.45) is 5.41 Å². The van der Waals surface area contributed by atoms with E-state index in [-0.39, 0.29) is 35.0 Å². The van der Waals surface area contributed by atoms with Gasteiger partial charge in [0.05, 0.1) is 65.4 Å². The van der Waals surface area contributed by atoms with Crippen LogP contribution in [0, 0.1) is 53.3 Å². The van der Waals surface area contributed by atoms with Gasteiger partial charge in [-0.2, -0.15) is 45.9 Å². The fourth-order valence-electron chi connectivity index (χ4n) is 16.4. The standard InChI is InChI=1S/C26H29ClN10.C25H27ClN10.C24H28ClN9O.C22H21ClN10/c1-26(2,3)13-20-16-37-11-8-18(12-23(37)30-20)32-25-29-15-21(27)24(33-25)31-17-6-9-36(10-7-17)22-5-4-19(14-28)34-35-22;1-25(2,3)23-32-21-12-18(8-11-36(21)34-23)31-24-29-15-19(26)22(33-24)30-17-6-9-35(10-7-17)20-5-4-16(13-27)14-28-20;1-15-4-5-19(26-13-15)33-9-6-16(7-10-33)28-21-18(25)14-27-23(30-21)29-17-8-11-34-20(12-17)31-32-22(34)24(2,3)35;1-14-13-33-20(28-14)8-17(11-27-33)30-22-26-12-18(23)21(31-22)29-16-4-6-32(7-5-16)19-3-2-15(9-24)10-25-19/h4-5,8,11-12,15-17H,6-7,9-10,13H2,1-3H3,(H2,29,31,32,33);4-5,8,11-12,14-15,17H,6-7,9-10H2,1-3H3,(H2,29,30,31,33);4-5,8,11-14,16,35H,6-7,9-10H2,1-3H3,(H2,27,28,29,30);2-3,8,10-13,16H,4-7H2,1H3,(H2,26,29,30,31). The highest BCUT2D eigenvalue weighted by Crippen LogP contribution is 2.35. The van der Waals surface area contributed by atoms with Crippen molar-refractivity contribution >= 4 is 162 Å². The molecule has 0 aliphatic carbocycles. The van der Waals surface area contributed by atoms with Gasteiger partial charge in [-0.3, -0.25) is 4.40 Å². The largest absolute Gasteiger partial charge is 0.382 e. The summed E-state index contributed by atoms with van der Waals surface area (Å²) in [5.74, 6) is 8.97. The van der Waals surface area contributed by atoms with Crippen LogP contribution in [0.4, 0.5) is 93.1 Å². The maximum atomic E-state index is 10.3. The fraction of sp³-hybridized carbons (Fsp3) is 0.351. The number of hydrogen-bond acceptors (Lipinski definition) is 36. The smallest absolute Gasteiger partial charge is 0.229 e. The van der Waals surface area contributed by atoms with E-state index >= 15 is 0 Å². The van der Waals surface area contributed by atoms with Gasteiger partial charge in [-0.25, -0.2) is 58.9 Å². The van der Waals surface area contributed by atoms with Gasteiger partial charge in [0.1, 0.15) is 67.0 Å². The number of pyridine rings is 6. The highest BCUT2D eigenvalue weighted by molar-refractivity contribution is 6.34. The minimum absolute atomic E-state index is 0.131. The number of aromatic nitrogens is 24. The van der Waals surface area contributed by atoms with Gasteiger partial charge in [0, 0.05) is 167 Å². The van der Waals surface area contributed by atoms with Gasteiger partial charge in [0.25, 0.3) is 0 Å². The summed E-state index contributed by atoms with van der Waals surface area (Å²) in [4.78, 5) is 71.8. The molecular weight excluding hydrogens is 1870 g/mol. The second-order valence-corrected chi connectivity index (χ2v) is 39.1. The first kappa shape index (κ1) is 97.2. The van der Waals surface area contributed by atoms with Crippen LogP contribution in [-0.4, -0.2) is 200 Å². The minimum Gasteiger partial charge on any atom is -0.382 e. The molecular formula is C97H105Cl4N39O. The number of aliphatic hydroxyl groups is 1. The van der Waals surface area contributed by atoms with E-state index in [2.05, 4.69) is 230 Å². The van der Waals surface area contributed by atoms with Crippen molar-refractivity contribution in [3.8, 4) is 18.2 Å². The summed E-state index contributed by atoms with van der Waals surface area (Å²) in [6.45, 7) is 27.0. The second kappa shape index (κ2) is 42.9. The molecule has 44 heteroatoms. The number of aryl methyl sites for hydroxylation is 2. The molecule has 20 rings (SSSR count). The molecule has 4 aliphatic heterocycles. The van der Waals surface area contributed by atoms with Gasteiger partial charge >= 0.3 is 0 Å². The number of anilines is 16. The summed E-state index contributed by atoms with van der Waals surface area (Å²) >= 11 is 25.6. The first-order valence-electron chi connectivity index (χ1n) is 46.2. The number of hydrogen-bond donors (Lipinski definition) is 9. The third kappa shape index (κ3) is 25.2. The van der Waals surface area contributed by atoms with Gasteiger partial charge in [-0.05, 0) is 157 Å². The van der Waals surface area contributed by atoms with Crippen LogP contribution in [0.2, 0.25) is 20.1 Å². The third-order valence-corrected chi connectivity index (χ3v) is 24.8. The summed E-state index contributed by atoms with van der Waals surface area (Å²) in [6, 6.07) is 35.5. The summed E-state index contributed by atoms with van der Waals surface area (Å²) in [5.41, 5.74) is 9.64. The summed E-state index contributed by atoms with van der Waals surface area (Å²) in [7, 11) is 0. The van der Waals surface area contributed by atoms with Crippen LogP contribution in [0.25, 0.3) is 22.6 Å². The SMILES string of the molecule is CC(C)(C)Cc1cn2ccc(Nc3ncc(Cl)c(NC4CCN(c5ccc(C#N)nn5)CC4)n3)cc2n1.CC(C)(C)c1nc2cc(Nc3ncc(Cl)c(NC4CCN(c5ccc(C#N)cn5)CC4)n3)ccn2n1.Cc1ccc(N2CCC(Nc3nc(Nc4ccn5c(C(C)(C)O)nnc5c4)ncc3Cl)CC2)nc1.Cc1cn2ncc(Nc3ncc(Cl)c(NC4CCN(c5ccc(C#N)cn5)CC4)n3)cc2n1. The maximum absolute atomic E-state index is 10.3. The van der Waals surface area contributed by atoms with Crippen LogP contribution >= 0.6 is 46.4 Å². The Balaban J connectivity index is 0.000000130. The number of piperidine rings is 4. The van der Waals surface area contributed by atoms with Gasteiger partial charge in [0.2, 0.25) is 23.8 Å². The van der Waals surface area contributed by atoms with E-state index in [0.29, 0.717) is 95.4 Å². The lowest BCUT2D eigenvalue weighted by Gasteiger charge is -2.33. The molecule has 722 valence electrons. The van der Waals surface area contributed by atoms with Crippen LogP contribution in [-0.2, 0) is 17.4 Å². The van der Waals surface area contributed by atoms with Crippen molar-refractivity contribution < 1.29 is 5.11 Å². The third-order valence-electron chi connectivity index (χ3n) is 23.7. The Hall–Kier alpha value is -15.4. The highest BCUT2D eigenvalue weighted by Gasteiger charge is 2.30. The topological polar surface area (TPSA) is 476 Å². The number of nitriles is 3. The van der Waals surface area contributed by atoms with Crippen molar-refractivity contribution in [3.05, 3.63) is 237 Å². The Labute approximate surface area is 833 Å². The molecule has 4 aliphatic rings. The Morgan fingerprint density at radius 2 is 0.823 bits per heavy atom. The van der Waals surface area contributed by atoms with Crippen LogP contribution in [0.1, 0.15) is 152 Å². The molecule has 4 fully saturated rings. The van der Waals surface area contributed by atoms with Crippen LogP contribution in [0.15, 0.2) is 172 Å². The van der Waals surface area contributed by atoms with Gasteiger partial charge in [-0.15, -0.1) is 20.4 Å². The summed E-state index contributed by atoms with van der Waals surface area (Å²) < 4.78 is 7.26. The number of nitrogens with zero attached hydrogens (tertiary/aromatic N) is 31. The predicted molar refractivity (Wildman–Crippen MR) is 546 cm³/mol. The molecule has 0 saturated carbocycles. The van der Waals surface area contributed by atoms with E-state index in [9.17, 15) is 5.11 Å². The van der Waals surface area contributed by atoms with Crippen molar-refractivity contribution in [3.63, 3.8) is 0 Å². The zero-order valence-corrected chi connectivity index (χ0v) is 82.3. The van der Waals surface area contributed by atoms with Gasteiger partial charge < -0.3 is 71.6 Å². The van der Waals surface area contributed by atoms with Crippen molar-refractivity contribution in [2.45, 2.75) is 162 Å². The molecule has 0 atom stereocenters. The molecule has 9 N–H and O–H groups in total. The average molecular weight is 1970 g/mol. The van der Waals surface area contributed by atoms with Crippen molar-refractivity contribution in [1.82, 2.24) is 118 Å². The molecule has 0 spiro atoms. The van der Waals surface area contributed by atoms with E-state index in [1.165, 1.54) is 0 Å². The first-order valence-corrected chi connectivity index (χ1v) is 47.8. The zero-order valence-electron chi connectivity index (χ0n) is 79.3. The zero-order chi connectivity index (χ0) is 98.6. The number of halogens is 4. The number of rotatable bonds is 22. The molecule has 4 saturated heterocycles. The maximum Gasteiger partial charge on any atom is 0.229 e. The quantitative estimate of drug-likeness (QED) is 0.0304. The van der Waals surface area contributed by atoms with Gasteiger partial charge in [0.15, 0.2) is 63.4 Å². The summed E-state index contributed by atoms with van der Waals surface area (Å²) in [5, 5.41) is 91.0. The van der Waals surface area contributed by atoms with Crippen LogP contribution in [0.5, 0.6) is 0 Å². The van der Waals surface area contributed by atoms with E-state index in [0.717, 1.165) is 196 Å². The molecule has 141 heavy (non-hydrogen) atoms. The van der Waals surface area contributed by atoms with Crippen LogP contribution in [0.3, 0.4) is 0 Å². The number of imidazole rings is 2. The van der Waals surface area contributed by atoms with Crippen molar-refractivity contribution in [1.29, 1.82) is 15.8 Å². The minimum atomic E-state index is -1.10. The lowest BCUT2D eigenvalue weighted by molar-refractivity contribution is 0.0676. The Kier molecular flexibility index (Phi) is 29.6. The summed E-state index contributed by atoms with van der Waals surface area (Å²) in [6.07, 6.45) is 31.0. The van der Waals surface area contributed by atoms with E-state index in [4.69, 9.17) is 67.2 Å². The van der Waals surface area contributed by atoms with Crippen LogP contribution < -0.4 is 62.1 Å². The number of fused-ring (bicyclic) bond motifs is 4. The molecule has 16 aromatic heterocycles. The molecule has 0 amide bonds. The molecule has 0 unspecified atom stereocenters.